The molecule has 21 heavy (non-hydrogen) atoms. The highest BCUT2D eigenvalue weighted by Gasteiger charge is 2.31. The number of anilines is 1. The highest BCUT2D eigenvalue weighted by atomic mass is 19.4. The molecule has 0 amide bonds. The molecular formula is C14H12F4N2O. The highest BCUT2D eigenvalue weighted by molar-refractivity contribution is 5.48. The first-order valence-corrected chi connectivity index (χ1v) is 6.00. The molecule has 0 atom stereocenters. The van der Waals surface area contributed by atoms with Crippen molar-refractivity contribution in [1.82, 2.24) is 4.98 Å². The lowest BCUT2D eigenvalue weighted by Crippen LogP contribution is -2.08. The Morgan fingerprint density at radius 2 is 1.95 bits per heavy atom. The number of rotatable bonds is 4. The maximum Gasteiger partial charge on any atom is 0.416 e. The Bertz CT molecular complexity index is 629. The number of hydrogen-bond donors (Lipinski definition) is 1. The van der Waals surface area contributed by atoms with Gasteiger partial charge in [0.2, 0.25) is 5.88 Å². The van der Waals surface area contributed by atoms with E-state index in [1.807, 2.05) is 0 Å². The number of halogens is 4. The Hall–Kier alpha value is -2.31. The third kappa shape index (κ3) is 3.84. The van der Waals surface area contributed by atoms with E-state index in [0.29, 0.717) is 17.6 Å². The summed E-state index contributed by atoms with van der Waals surface area (Å²) in [5.74, 6) is -0.385. The largest absolute Gasteiger partial charge is 0.481 e. The molecule has 1 N–H and O–H groups in total. The maximum atomic E-state index is 13.5. The SMILES string of the molecule is COc1cccc(CNc2cc(C(F)(F)F)ccc2F)n1. The number of hydrogen-bond acceptors (Lipinski definition) is 3. The van der Waals surface area contributed by atoms with Gasteiger partial charge in [0.25, 0.3) is 0 Å². The van der Waals surface area contributed by atoms with Crippen LogP contribution in [0.25, 0.3) is 0 Å². The molecule has 1 aromatic carbocycles. The quantitative estimate of drug-likeness (QED) is 0.871. The molecule has 3 nitrogen and oxygen atoms in total. The Kier molecular flexibility index (Phi) is 4.30. The number of alkyl halides is 3. The van der Waals surface area contributed by atoms with E-state index >= 15 is 0 Å². The average Bonchev–Trinajstić information content (AvgIpc) is 2.45. The van der Waals surface area contributed by atoms with Crippen LogP contribution in [0.15, 0.2) is 36.4 Å². The molecule has 7 heteroatoms. The van der Waals surface area contributed by atoms with Crippen LogP contribution in [0.1, 0.15) is 11.3 Å². The van der Waals surface area contributed by atoms with Crippen molar-refractivity contribution < 1.29 is 22.3 Å². The standard InChI is InChI=1S/C14H12F4N2O/c1-21-13-4-2-3-10(20-13)8-19-12-7-9(14(16,17)18)5-6-11(12)15/h2-7,19H,8H2,1H3. The molecule has 0 aliphatic heterocycles. The second-order valence-corrected chi connectivity index (χ2v) is 4.22. The van der Waals surface area contributed by atoms with Gasteiger partial charge < -0.3 is 10.1 Å². The number of benzene rings is 1. The molecule has 0 aliphatic rings. The summed E-state index contributed by atoms with van der Waals surface area (Å²) in [6, 6.07) is 7.19. The van der Waals surface area contributed by atoms with Crippen molar-refractivity contribution >= 4 is 5.69 Å². The Morgan fingerprint density at radius 1 is 1.19 bits per heavy atom. The number of aromatic nitrogens is 1. The summed E-state index contributed by atoms with van der Waals surface area (Å²) in [5, 5.41) is 2.60. The minimum atomic E-state index is -4.52. The fourth-order valence-corrected chi connectivity index (χ4v) is 1.69. The molecule has 0 saturated carbocycles. The second-order valence-electron chi connectivity index (χ2n) is 4.22. The van der Waals surface area contributed by atoms with E-state index in [0.717, 1.165) is 12.1 Å². The van der Waals surface area contributed by atoms with Gasteiger partial charge in [0.05, 0.1) is 30.6 Å². The number of nitrogens with zero attached hydrogens (tertiary/aromatic N) is 1. The smallest absolute Gasteiger partial charge is 0.416 e. The zero-order valence-electron chi connectivity index (χ0n) is 11.0. The van der Waals surface area contributed by atoms with E-state index in [2.05, 4.69) is 10.3 Å². The van der Waals surface area contributed by atoms with E-state index in [1.165, 1.54) is 7.11 Å². The van der Waals surface area contributed by atoms with Gasteiger partial charge in [-0.25, -0.2) is 9.37 Å². The van der Waals surface area contributed by atoms with Crippen molar-refractivity contribution in [2.24, 2.45) is 0 Å². The van der Waals surface area contributed by atoms with Crippen LogP contribution < -0.4 is 10.1 Å². The summed E-state index contributed by atoms with van der Waals surface area (Å²) in [5.41, 5.74) is -0.620. The first-order chi connectivity index (χ1) is 9.90. The maximum absolute atomic E-state index is 13.5. The van der Waals surface area contributed by atoms with Crippen LogP contribution >= 0.6 is 0 Å². The van der Waals surface area contributed by atoms with E-state index in [9.17, 15) is 17.6 Å². The molecule has 0 fully saturated rings. The molecule has 0 bridgehead atoms. The normalized spacial score (nSPS) is 11.3. The van der Waals surface area contributed by atoms with Gasteiger partial charge >= 0.3 is 6.18 Å². The number of methoxy groups -OCH3 is 1. The van der Waals surface area contributed by atoms with Crippen molar-refractivity contribution in [2.45, 2.75) is 12.7 Å². The van der Waals surface area contributed by atoms with Crippen molar-refractivity contribution in [3.8, 4) is 5.88 Å². The van der Waals surface area contributed by atoms with Crippen molar-refractivity contribution in [2.75, 3.05) is 12.4 Å². The van der Waals surface area contributed by atoms with Crippen LogP contribution in [0, 0.1) is 5.82 Å². The minimum absolute atomic E-state index is 0.0788. The molecule has 0 unspecified atom stereocenters. The summed E-state index contributed by atoms with van der Waals surface area (Å²) in [6.07, 6.45) is -4.52. The lowest BCUT2D eigenvalue weighted by molar-refractivity contribution is -0.137. The first kappa shape index (κ1) is 15.1. The van der Waals surface area contributed by atoms with Crippen LogP contribution in [0.3, 0.4) is 0 Å². The van der Waals surface area contributed by atoms with Crippen molar-refractivity contribution in [3.63, 3.8) is 0 Å². The second kappa shape index (κ2) is 5.99. The zero-order chi connectivity index (χ0) is 15.5. The lowest BCUT2D eigenvalue weighted by Gasteiger charge is -2.11. The molecule has 1 aromatic heterocycles. The zero-order valence-corrected chi connectivity index (χ0v) is 11.0. The van der Waals surface area contributed by atoms with Crippen molar-refractivity contribution in [1.29, 1.82) is 0 Å². The van der Waals surface area contributed by atoms with Gasteiger partial charge in [-0.05, 0) is 24.3 Å². The molecule has 2 rings (SSSR count). The number of nitrogens with one attached hydrogen (secondary N) is 1. The fraction of sp³-hybridized carbons (Fsp3) is 0.214. The third-order valence-corrected chi connectivity index (χ3v) is 2.74. The predicted molar refractivity (Wildman–Crippen MR) is 69.5 cm³/mol. The van der Waals surface area contributed by atoms with E-state index < -0.39 is 17.6 Å². The summed E-state index contributed by atoms with van der Waals surface area (Å²) in [6.45, 7) is 0.0788. The number of ether oxygens (including phenoxy) is 1. The van der Waals surface area contributed by atoms with Crippen LogP contribution in [0.2, 0.25) is 0 Å². The minimum Gasteiger partial charge on any atom is -0.481 e. The van der Waals surface area contributed by atoms with Gasteiger partial charge in [-0.1, -0.05) is 6.07 Å². The van der Waals surface area contributed by atoms with Crippen LogP contribution in [0.5, 0.6) is 5.88 Å². The van der Waals surface area contributed by atoms with Gasteiger partial charge in [0.1, 0.15) is 5.82 Å². The van der Waals surface area contributed by atoms with E-state index in [4.69, 9.17) is 4.74 Å². The molecule has 0 spiro atoms. The van der Waals surface area contributed by atoms with E-state index in [1.54, 1.807) is 18.2 Å². The molecule has 1 heterocycles. The van der Waals surface area contributed by atoms with Gasteiger partial charge in [-0.15, -0.1) is 0 Å². The van der Waals surface area contributed by atoms with Gasteiger partial charge in [0, 0.05) is 6.07 Å². The Balaban J connectivity index is 2.15. The predicted octanol–water partition coefficient (Wildman–Crippen LogP) is 3.86. The highest BCUT2D eigenvalue weighted by Crippen LogP contribution is 2.31. The third-order valence-electron chi connectivity index (χ3n) is 2.74. The van der Waals surface area contributed by atoms with Gasteiger partial charge in [-0.3, -0.25) is 0 Å². The van der Waals surface area contributed by atoms with Gasteiger partial charge in [-0.2, -0.15) is 13.2 Å². The van der Waals surface area contributed by atoms with Crippen LogP contribution in [-0.4, -0.2) is 12.1 Å². The van der Waals surface area contributed by atoms with Crippen LogP contribution in [-0.2, 0) is 12.7 Å². The Labute approximate surface area is 118 Å². The summed E-state index contributed by atoms with van der Waals surface area (Å²) in [4.78, 5) is 4.08. The molecule has 0 aliphatic carbocycles. The molecule has 2 aromatic rings. The lowest BCUT2D eigenvalue weighted by atomic mass is 10.2. The monoisotopic (exact) mass is 300 g/mol. The summed E-state index contributed by atoms with van der Waals surface area (Å²) < 4.78 is 56.2. The number of pyridine rings is 1. The average molecular weight is 300 g/mol. The van der Waals surface area contributed by atoms with Crippen LogP contribution in [0.4, 0.5) is 23.2 Å². The Morgan fingerprint density at radius 3 is 2.62 bits per heavy atom. The van der Waals surface area contributed by atoms with E-state index in [-0.39, 0.29) is 12.2 Å². The topological polar surface area (TPSA) is 34.1 Å². The molecule has 112 valence electrons. The molecular weight excluding hydrogens is 288 g/mol. The molecule has 0 radical (unpaired) electrons. The van der Waals surface area contributed by atoms with Crippen molar-refractivity contribution in [3.05, 3.63) is 53.5 Å². The summed E-state index contributed by atoms with van der Waals surface area (Å²) in [7, 11) is 1.45. The first-order valence-electron chi connectivity index (χ1n) is 6.00. The van der Waals surface area contributed by atoms with Gasteiger partial charge in [0.15, 0.2) is 0 Å². The summed E-state index contributed by atoms with van der Waals surface area (Å²) >= 11 is 0. The molecule has 0 saturated heterocycles. The fourth-order valence-electron chi connectivity index (χ4n) is 1.69.